The molecule has 3 amide bonds. The molecule has 0 heterocycles. The van der Waals surface area contributed by atoms with Crippen molar-refractivity contribution in [3.8, 4) is 0 Å². The quantitative estimate of drug-likeness (QED) is 0.439. The van der Waals surface area contributed by atoms with Crippen LogP contribution in [0.1, 0.15) is 68.1 Å². The van der Waals surface area contributed by atoms with E-state index in [1.165, 1.54) is 0 Å². The molecule has 0 aliphatic rings. The van der Waals surface area contributed by atoms with E-state index in [4.69, 9.17) is 0 Å². The number of hydrogen-bond donors (Lipinski definition) is 3. The number of carbonyl (C=O) groups excluding carboxylic acids is 4. The van der Waals surface area contributed by atoms with Gasteiger partial charge in [-0.05, 0) is 64.7 Å². The van der Waals surface area contributed by atoms with Crippen LogP contribution in [0.3, 0.4) is 0 Å². The highest BCUT2D eigenvalue weighted by atomic mass is 16.2. The molecule has 7 heteroatoms. The number of Topliss-reactive ketones (excluding diaryl/α,β-unsaturated/α-hetero) is 1. The van der Waals surface area contributed by atoms with E-state index in [2.05, 4.69) is 16.0 Å². The summed E-state index contributed by atoms with van der Waals surface area (Å²) in [5, 5.41) is 8.26. The van der Waals surface area contributed by atoms with Crippen molar-refractivity contribution in [2.45, 2.75) is 78.9 Å². The Morgan fingerprint density at radius 1 is 0.833 bits per heavy atom. The maximum Gasteiger partial charge on any atom is 0.290 e. The molecule has 2 atom stereocenters. The summed E-state index contributed by atoms with van der Waals surface area (Å²) in [6.07, 6.45) is 0.533. The second-order valence-electron chi connectivity index (χ2n) is 10.9. The number of rotatable bonds is 10. The van der Waals surface area contributed by atoms with E-state index in [1.807, 2.05) is 64.1 Å². The molecular weight excluding hydrogens is 454 g/mol. The highest BCUT2D eigenvalue weighted by molar-refractivity contribution is 6.38. The standard InChI is InChI=1S/C29H39N3O4/c1-18(2)13-24(31-26(34)22-15-19(3)14-20(4)16-22)27(35)30-23(17-21-11-9-8-10-12-21)25(33)28(36)32-29(5,6)7/h8-12,14-16,18,23-24H,13,17H2,1-7H3,(H,30,35)(H,31,34)(H,32,36). The van der Waals surface area contributed by atoms with Crippen molar-refractivity contribution in [3.05, 3.63) is 70.8 Å². The third-order valence-corrected chi connectivity index (χ3v) is 5.44. The average molecular weight is 494 g/mol. The van der Waals surface area contributed by atoms with E-state index in [9.17, 15) is 19.2 Å². The molecule has 0 aliphatic heterocycles. The number of carbonyl (C=O) groups is 4. The number of nitrogens with one attached hydrogen (secondary N) is 3. The van der Waals surface area contributed by atoms with Crippen molar-refractivity contribution in [1.29, 1.82) is 0 Å². The lowest BCUT2D eigenvalue weighted by Crippen LogP contribution is -2.56. The van der Waals surface area contributed by atoms with Gasteiger partial charge in [-0.1, -0.05) is 61.4 Å². The molecule has 3 N–H and O–H groups in total. The summed E-state index contributed by atoms with van der Waals surface area (Å²) < 4.78 is 0. The van der Waals surface area contributed by atoms with Crippen LogP contribution < -0.4 is 16.0 Å². The Hall–Kier alpha value is -3.48. The molecule has 0 radical (unpaired) electrons. The van der Waals surface area contributed by atoms with E-state index in [0.717, 1.165) is 16.7 Å². The third-order valence-electron chi connectivity index (χ3n) is 5.44. The second-order valence-corrected chi connectivity index (χ2v) is 10.9. The van der Waals surface area contributed by atoms with Crippen LogP contribution in [0.25, 0.3) is 0 Å². The van der Waals surface area contributed by atoms with Gasteiger partial charge in [-0.15, -0.1) is 0 Å². The Morgan fingerprint density at radius 3 is 1.94 bits per heavy atom. The molecule has 0 spiro atoms. The maximum atomic E-state index is 13.4. The topological polar surface area (TPSA) is 104 Å². The van der Waals surface area contributed by atoms with Gasteiger partial charge in [0.25, 0.3) is 11.8 Å². The van der Waals surface area contributed by atoms with Crippen molar-refractivity contribution in [1.82, 2.24) is 16.0 Å². The van der Waals surface area contributed by atoms with Crippen molar-refractivity contribution in [3.63, 3.8) is 0 Å². The normalized spacial score (nSPS) is 13.0. The van der Waals surface area contributed by atoms with Crippen LogP contribution >= 0.6 is 0 Å². The fourth-order valence-corrected chi connectivity index (χ4v) is 3.94. The lowest BCUT2D eigenvalue weighted by molar-refractivity contribution is -0.141. The highest BCUT2D eigenvalue weighted by Crippen LogP contribution is 2.12. The Balaban J connectivity index is 2.27. The monoisotopic (exact) mass is 493 g/mol. The van der Waals surface area contributed by atoms with E-state index < -0.39 is 35.2 Å². The third kappa shape index (κ3) is 9.29. The zero-order valence-electron chi connectivity index (χ0n) is 22.4. The summed E-state index contributed by atoms with van der Waals surface area (Å²) in [7, 11) is 0. The first-order chi connectivity index (χ1) is 16.7. The van der Waals surface area contributed by atoms with Gasteiger partial charge in [-0.3, -0.25) is 19.2 Å². The molecule has 36 heavy (non-hydrogen) atoms. The van der Waals surface area contributed by atoms with Gasteiger partial charge < -0.3 is 16.0 Å². The van der Waals surface area contributed by atoms with Crippen LogP contribution in [0.2, 0.25) is 0 Å². The Bertz CT molecular complexity index is 1070. The van der Waals surface area contributed by atoms with Crippen LogP contribution in [-0.2, 0) is 20.8 Å². The van der Waals surface area contributed by atoms with Crippen molar-refractivity contribution in [2.75, 3.05) is 0 Å². The Morgan fingerprint density at radius 2 is 1.42 bits per heavy atom. The molecule has 0 fully saturated rings. The lowest BCUT2D eigenvalue weighted by atomic mass is 9.98. The lowest BCUT2D eigenvalue weighted by Gasteiger charge is -2.25. The highest BCUT2D eigenvalue weighted by Gasteiger charge is 2.32. The number of amides is 3. The molecular formula is C29H39N3O4. The predicted octanol–water partition coefficient (Wildman–Crippen LogP) is 3.66. The van der Waals surface area contributed by atoms with Gasteiger partial charge in [0.15, 0.2) is 0 Å². The van der Waals surface area contributed by atoms with E-state index in [0.29, 0.717) is 12.0 Å². The SMILES string of the molecule is Cc1cc(C)cc(C(=O)NC(CC(C)C)C(=O)NC(Cc2ccccc2)C(=O)C(=O)NC(C)(C)C)c1. The van der Waals surface area contributed by atoms with E-state index in [1.54, 1.807) is 32.9 Å². The average Bonchev–Trinajstić information content (AvgIpc) is 2.76. The summed E-state index contributed by atoms with van der Waals surface area (Å²) >= 11 is 0. The molecule has 0 saturated heterocycles. The predicted molar refractivity (Wildman–Crippen MR) is 142 cm³/mol. The first-order valence-corrected chi connectivity index (χ1v) is 12.3. The van der Waals surface area contributed by atoms with Crippen molar-refractivity contribution >= 4 is 23.5 Å². The van der Waals surface area contributed by atoms with E-state index in [-0.39, 0.29) is 18.2 Å². The summed E-state index contributed by atoms with van der Waals surface area (Å²) in [5.41, 5.74) is 2.57. The summed E-state index contributed by atoms with van der Waals surface area (Å²) in [6, 6.07) is 12.8. The Kier molecular flexibility index (Phi) is 9.96. The summed E-state index contributed by atoms with van der Waals surface area (Å²) in [5.74, 6) is -2.25. The van der Waals surface area contributed by atoms with Crippen LogP contribution in [0, 0.1) is 19.8 Å². The minimum absolute atomic E-state index is 0.104. The number of benzene rings is 2. The molecule has 0 aromatic heterocycles. The summed E-state index contributed by atoms with van der Waals surface area (Å²) in [4.78, 5) is 52.2. The van der Waals surface area contributed by atoms with Crippen LogP contribution in [-0.4, -0.2) is 41.1 Å². The van der Waals surface area contributed by atoms with Crippen LogP contribution in [0.5, 0.6) is 0 Å². The first kappa shape index (κ1) is 28.8. The molecule has 2 aromatic rings. The maximum absolute atomic E-state index is 13.4. The zero-order valence-corrected chi connectivity index (χ0v) is 22.4. The molecule has 2 aromatic carbocycles. The molecule has 2 unspecified atom stereocenters. The van der Waals surface area contributed by atoms with Gasteiger partial charge >= 0.3 is 0 Å². The molecule has 7 nitrogen and oxygen atoms in total. The molecule has 0 saturated carbocycles. The van der Waals surface area contributed by atoms with Gasteiger partial charge in [-0.2, -0.15) is 0 Å². The van der Waals surface area contributed by atoms with Crippen LogP contribution in [0.15, 0.2) is 48.5 Å². The van der Waals surface area contributed by atoms with Crippen molar-refractivity contribution in [2.24, 2.45) is 5.92 Å². The number of aryl methyl sites for hydroxylation is 2. The zero-order chi connectivity index (χ0) is 27.0. The fourth-order valence-electron chi connectivity index (χ4n) is 3.94. The van der Waals surface area contributed by atoms with Crippen molar-refractivity contribution < 1.29 is 19.2 Å². The number of ketones is 1. The van der Waals surface area contributed by atoms with Gasteiger partial charge in [0.1, 0.15) is 12.1 Å². The molecule has 0 aliphatic carbocycles. The van der Waals surface area contributed by atoms with Gasteiger partial charge in [0.05, 0.1) is 0 Å². The first-order valence-electron chi connectivity index (χ1n) is 12.3. The molecule has 194 valence electrons. The molecule has 2 rings (SSSR count). The largest absolute Gasteiger partial charge is 0.345 e. The van der Waals surface area contributed by atoms with Gasteiger partial charge in [0, 0.05) is 17.5 Å². The van der Waals surface area contributed by atoms with Gasteiger partial charge in [-0.25, -0.2) is 0 Å². The van der Waals surface area contributed by atoms with E-state index >= 15 is 0 Å². The minimum atomic E-state index is -1.07. The van der Waals surface area contributed by atoms with Gasteiger partial charge in [0.2, 0.25) is 11.7 Å². The van der Waals surface area contributed by atoms with Crippen LogP contribution in [0.4, 0.5) is 0 Å². The molecule has 0 bridgehead atoms. The smallest absolute Gasteiger partial charge is 0.290 e. The Labute approximate surface area is 214 Å². The second kappa shape index (κ2) is 12.5. The number of hydrogen-bond acceptors (Lipinski definition) is 4. The minimum Gasteiger partial charge on any atom is -0.345 e. The fraction of sp³-hybridized carbons (Fsp3) is 0.448. The summed E-state index contributed by atoms with van der Waals surface area (Å²) in [6.45, 7) is 13.1.